The van der Waals surface area contributed by atoms with Gasteiger partial charge in [-0.1, -0.05) is 6.07 Å². The fourth-order valence-electron chi connectivity index (χ4n) is 2.23. The molecule has 0 bridgehead atoms. The van der Waals surface area contributed by atoms with Gasteiger partial charge in [0.1, 0.15) is 0 Å². The normalized spacial score (nSPS) is 15.5. The lowest BCUT2D eigenvalue weighted by molar-refractivity contribution is -0.105. The molecule has 120 valence electrons. The van der Waals surface area contributed by atoms with Crippen LogP contribution in [0.3, 0.4) is 0 Å². The fourth-order valence-corrected chi connectivity index (χ4v) is 3.86. The van der Waals surface area contributed by atoms with E-state index in [0.717, 1.165) is 36.2 Å². The van der Waals surface area contributed by atoms with Crippen LogP contribution in [0.2, 0.25) is 0 Å². The molecule has 2 aromatic heterocycles. The molecule has 5 nitrogen and oxygen atoms in total. The molecule has 3 rings (SSSR count). The van der Waals surface area contributed by atoms with E-state index in [0.29, 0.717) is 11.2 Å². The predicted molar refractivity (Wildman–Crippen MR) is 93.2 cm³/mol. The van der Waals surface area contributed by atoms with Gasteiger partial charge in [-0.05, 0) is 29.7 Å². The summed E-state index contributed by atoms with van der Waals surface area (Å²) in [6, 6.07) is 7.52. The Morgan fingerprint density at radius 2 is 2.09 bits per heavy atom. The summed E-state index contributed by atoms with van der Waals surface area (Å²) < 4.78 is 5.35. The van der Waals surface area contributed by atoms with Gasteiger partial charge in [-0.3, -0.25) is 9.59 Å². The molecule has 0 atom stereocenters. The molecule has 1 fully saturated rings. The maximum Gasteiger partial charge on any atom is 0.265 e. The molecule has 1 N–H and O–H groups in total. The monoisotopic (exact) mass is 348 g/mol. The average Bonchev–Trinajstić information content (AvgIpc) is 3.27. The Balaban J connectivity index is 1.69. The Kier molecular flexibility index (Phi) is 5.22. The molecule has 0 spiro atoms. The number of thiophene rings is 2. The zero-order valence-corrected chi connectivity index (χ0v) is 14.0. The number of allylic oxidation sites excluding steroid dienone is 1. The molecule has 0 saturated carbocycles. The average molecular weight is 348 g/mol. The fraction of sp³-hybridized carbons (Fsp3) is 0.250. The molecule has 0 aliphatic carbocycles. The van der Waals surface area contributed by atoms with Gasteiger partial charge in [0.25, 0.3) is 5.91 Å². The lowest BCUT2D eigenvalue weighted by Crippen LogP contribution is -2.35. The summed E-state index contributed by atoms with van der Waals surface area (Å²) in [5, 5.41) is 5.62. The zero-order valence-electron chi connectivity index (χ0n) is 12.4. The van der Waals surface area contributed by atoms with Crippen LogP contribution in [0.5, 0.6) is 0 Å². The largest absolute Gasteiger partial charge is 0.378 e. The maximum absolute atomic E-state index is 12.0. The van der Waals surface area contributed by atoms with Gasteiger partial charge in [0, 0.05) is 18.0 Å². The Labute approximate surface area is 142 Å². The van der Waals surface area contributed by atoms with Gasteiger partial charge in [-0.15, -0.1) is 22.7 Å². The van der Waals surface area contributed by atoms with E-state index < -0.39 is 0 Å². The second-order valence-corrected chi connectivity index (χ2v) is 6.97. The number of anilines is 1. The minimum atomic E-state index is -0.261. The molecule has 1 aliphatic rings. The number of aldehydes is 1. The van der Waals surface area contributed by atoms with Crippen molar-refractivity contribution in [3.8, 4) is 0 Å². The summed E-state index contributed by atoms with van der Waals surface area (Å²) in [5.74, 6) is -0.261. The SMILES string of the molecule is O=C/C(=C/c1ccc(N2CCOCC2)s1)NC(=O)c1cccs1. The van der Waals surface area contributed by atoms with Crippen molar-refractivity contribution in [3.63, 3.8) is 0 Å². The Morgan fingerprint density at radius 3 is 2.78 bits per heavy atom. The quantitative estimate of drug-likeness (QED) is 0.667. The third-order valence-electron chi connectivity index (χ3n) is 3.36. The first-order valence-corrected chi connectivity index (χ1v) is 8.90. The van der Waals surface area contributed by atoms with Crippen LogP contribution in [0.4, 0.5) is 5.00 Å². The topological polar surface area (TPSA) is 58.6 Å². The standard InChI is InChI=1S/C16H16N2O3S2/c19-11-12(17-16(20)14-2-1-9-22-14)10-13-3-4-15(23-13)18-5-7-21-8-6-18/h1-4,9-11H,5-8H2,(H,17,20)/b12-10-. The number of nitrogens with one attached hydrogen (secondary N) is 1. The van der Waals surface area contributed by atoms with Crippen LogP contribution >= 0.6 is 22.7 Å². The summed E-state index contributed by atoms with van der Waals surface area (Å²) in [6.07, 6.45) is 2.37. The van der Waals surface area contributed by atoms with Crippen molar-refractivity contribution in [1.82, 2.24) is 5.32 Å². The van der Waals surface area contributed by atoms with Gasteiger partial charge in [0.15, 0.2) is 6.29 Å². The van der Waals surface area contributed by atoms with Crippen molar-refractivity contribution >= 4 is 45.9 Å². The molecule has 0 aromatic carbocycles. The van der Waals surface area contributed by atoms with Crippen LogP contribution in [0.15, 0.2) is 35.3 Å². The third-order valence-corrected chi connectivity index (χ3v) is 5.32. The van der Waals surface area contributed by atoms with E-state index >= 15 is 0 Å². The number of hydrogen-bond donors (Lipinski definition) is 1. The van der Waals surface area contributed by atoms with Crippen molar-refractivity contribution in [2.24, 2.45) is 0 Å². The first-order valence-electron chi connectivity index (χ1n) is 7.20. The maximum atomic E-state index is 12.0. The molecule has 23 heavy (non-hydrogen) atoms. The summed E-state index contributed by atoms with van der Waals surface area (Å²) >= 11 is 2.94. The van der Waals surface area contributed by atoms with Crippen molar-refractivity contribution < 1.29 is 14.3 Å². The van der Waals surface area contributed by atoms with Crippen molar-refractivity contribution in [2.45, 2.75) is 0 Å². The van der Waals surface area contributed by atoms with Crippen LogP contribution in [0.1, 0.15) is 14.5 Å². The molecule has 2 aromatic rings. The first kappa shape index (κ1) is 15.9. The van der Waals surface area contributed by atoms with Crippen LogP contribution in [0.25, 0.3) is 6.08 Å². The predicted octanol–water partition coefficient (Wildman–Crippen LogP) is 2.62. The number of rotatable bonds is 5. The van der Waals surface area contributed by atoms with Crippen molar-refractivity contribution in [3.05, 3.63) is 45.1 Å². The van der Waals surface area contributed by atoms with Crippen LogP contribution < -0.4 is 10.2 Å². The number of carbonyl (C=O) groups is 2. The van der Waals surface area contributed by atoms with E-state index in [-0.39, 0.29) is 11.6 Å². The lowest BCUT2D eigenvalue weighted by atomic mass is 10.3. The molecule has 0 unspecified atom stereocenters. The summed E-state index contributed by atoms with van der Waals surface area (Å²) in [6.45, 7) is 3.22. The zero-order chi connectivity index (χ0) is 16.1. The Hall–Kier alpha value is -1.96. The van der Waals surface area contributed by atoms with E-state index in [9.17, 15) is 9.59 Å². The smallest absolute Gasteiger partial charge is 0.265 e. The molecular weight excluding hydrogens is 332 g/mol. The van der Waals surface area contributed by atoms with Gasteiger partial charge in [-0.2, -0.15) is 0 Å². The van der Waals surface area contributed by atoms with Crippen LogP contribution in [0, 0.1) is 0 Å². The molecule has 7 heteroatoms. The van der Waals surface area contributed by atoms with Gasteiger partial charge < -0.3 is 15.0 Å². The molecule has 1 aliphatic heterocycles. The van der Waals surface area contributed by atoms with Crippen molar-refractivity contribution in [2.75, 3.05) is 31.2 Å². The second kappa shape index (κ2) is 7.54. The summed E-state index contributed by atoms with van der Waals surface area (Å²) in [5.41, 5.74) is 0.263. The van der Waals surface area contributed by atoms with E-state index in [4.69, 9.17) is 4.74 Å². The molecule has 3 heterocycles. The highest BCUT2D eigenvalue weighted by atomic mass is 32.1. The van der Waals surface area contributed by atoms with E-state index in [2.05, 4.69) is 10.2 Å². The minimum absolute atomic E-state index is 0.261. The second-order valence-electron chi connectivity index (χ2n) is 4.92. The number of morpholine rings is 1. The highest BCUT2D eigenvalue weighted by molar-refractivity contribution is 7.17. The Bertz CT molecular complexity index is 701. The number of carbonyl (C=O) groups excluding carboxylic acids is 2. The van der Waals surface area contributed by atoms with Crippen LogP contribution in [-0.4, -0.2) is 38.5 Å². The number of ether oxygens (including phenoxy) is 1. The molecule has 1 saturated heterocycles. The Morgan fingerprint density at radius 1 is 1.26 bits per heavy atom. The van der Waals surface area contributed by atoms with Crippen molar-refractivity contribution in [1.29, 1.82) is 0 Å². The summed E-state index contributed by atoms with van der Waals surface area (Å²) in [7, 11) is 0. The van der Waals surface area contributed by atoms with Gasteiger partial charge in [0.05, 0.1) is 28.8 Å². The number of amides is 1. The first-order chi connectivity index (χ1) is 11.3. The molecular formula is C16H16N2O3S2. The highest BCUT2D eigenvalue weighted by Gasteiger charge is 2.13. The minimum Gasteiger partial charge on any atom is -0.378 e. The van der Waals surface area contributed by atoms with E-state index in [1.807, 2.05) is 17.5 Å². The molecule has 1 amide bonds. The lowest BCUT2D eigenvalue weighted by Gasteiger charge is -2.27. The van der Waals surface area contributed by atoms with Gasteiger partial charge in [-0.25, -0.2) is 0 Å². The van der Waals surface area contributed by atoms with E-state index in [1.54, 1.807) is 29.5 Å². The molecule has 0 radical (unpaired) electrons. The van der Waals surface area contributed by atoms with Gasteiger partial charge in [0.2, 0.25) is 0 Å². The van der Waals surface area contributed by atoms with Gasteiger partial charge >= 0.3 is 0 Å². The number of hydrogen-bond acceptors (Lipinski definition) is 6. The highest BCUT2D eigenvalue weighted by Crippen LogP contribution is 2.28. The number of nitrogens with zero attached hydrogens (tertiary/aromatic N) is 1. The van der Waals surface area contributed by atoms with Crippen LogP contribution in [-0.2, 0) is 9.53 Å². The summed E-state index contributed by atoms with van der Waals surface area (Å²) in [4.78, 5) is 27.0. The van der Waals surface area contributed by atoms with E-state index in [1.165, 1.54) is 11.3 Å². The third kappa shape index (κ3) is 4.07.